The fraction of sp³-hybridized carbons (Fsp3) is 0.647. The van der Waals surface area contributed by atoms with Crippen molar-refractivity contribution in [2.45, 2.75) is 58.3 Å². The molecule has 1 aliphatic heterocycles. The molecule has 22 heavy (non-hydrogen) atoms. The third-order valence-electron chi connectivity index (χ3n) is 3.56. The molecule has 1 amide bonds. The lowest BCUT2D eigenvalue weighted by molar-refractivity contribution is -0.00999. The number of rotatable bonds is 4. The van der Waals surface area contributed by atoms with Gasteiger partial charge in [0.15, 0.2) is 0 Å². The van der Waals surface area contributed by atoms with Crippen LogP contribution in [-0.2, 0) is 16.1 Å². The number of carbonyl (C=O) groups excluding carboxylic acids is 1. The molecule has 0 bridgehead atoms. The van der Waals surface area contributed by atoms with Crippen LogP contribution < -0.4 is 0 Å². The molecule has 2 heterocycles. The number of likely N-dealkylation sites (tertiary alicyclic amines) is 1. The SMILES string of the molecule is CC(C)(C)OC(=O)N1CCCCC1COCc1cccnc1. The average Bonchev–Trinajstić information content (AvgIpc) is 2.47. The topological polar surface area (TPSA) is 51.7 Å². The van der Waals surface area contributed by atoms with E-state index in [1.54, 1.807) is 12.4 Å². The van der Waals surface area contributed by atoms with Crippen molar-refractivity contribution in [3.8, 4) is 0 Å². The number of pyridine rings is 1. The number of amides is 1. The molecule has 122 valence electrons. The predicted octanol–water partition coefficient (Wildman–Crippen LogP) is 3.39. The Balaban J connectivity index is 1.85. The normalized spacial score (nSPS) is 19.0. The number of ether oxygens (including phenoxy) is 2. The fourth-order valence-electron chi connectivity index (χ4n) is 2.53. The lowest BCUT2D eigenvalue weighted by Gasteiger charge is -2.36. The first-order valence-electron chi connectivity index (χ1n) is 7.92. The minimum Gasteiger partial charge on any atom is -0.444 e. The molecule has 1 unspecified atom stereocenters. The van der Waals surface area contributed by atoms with E-state index in [0.717, 1.165) is 31.4 Å². The second kappa shape index (κ2) is 7.58. The smallest absolute Gasteiger partial charge is 0.410 e. The summed E-state index contributed by atoms with van der Waals surface area (Å²) in [5.74, 6) is 0. The molecule has 1 aliphatic rings. The van der Waals surface area contributed by atoms with E-state index in [2.05, 4.69) is 4.98 Å². The van der Waals surface area contributed by atoms with Crippen LogP contribution in [0.5, 0.6) is 0 Å². The summed E-state index contributed by atoms with van der Waals surface area (Å²) in [6.45, 7) is 7.48. The zero-order valence-corrected chi connectivity index (χ0v) is 13.7. The molecule has 2 rings (SSSR count). The summed E-state index contributed by atoms with van der Waals surface area (Å²) in [4.78, 5) is 18.2. The third kappa shape index (κ3) is 5.30. The molecule has 0 aliphatic carbocycles. The van der Waals surface area contributed by atoms with Gasteiger partial charge >= 0.3 is 6.09 Å². The summed E-state index contributed by atoms with van der Waals surface area (Å²) in [6.07, 6.45) is 6.42. The molecular weight excluding hydrogens is 280 g/mol. The number of aromatic nitrogens is 1. The maximum absolute atomic E-state index is 12.3. The van der Waals surface area contributed by atoms with E-state index < -0.39 is 5.60 Å². The molecule has 1 fully saturated rings. The van der Waals surface area contributed by atoms with Gasteiger partial charge in [-0.25, -0.2) is 4.79 Å². The van der Waals surface area contributed by atoms with Crippen LogP contribution in [0.4, 0.5) is 4.79 Å². The molecule has 1 aromatic heterocycles. The molecular formula is C17H26N2O3. The van der Waals surface area contributed by atoms with Gasteiger partial charge in [-0.15, -0.1) is 0 Å². The Morgan fingerprint density at radius 3 is 2.91 bits per heavy atom. The molecule has 5 heteroatoms. The van der Waals surface area contributed by atoms with Crippen molar-refractivity contribution < 1.29 is 14.3 Å². The molecule has 0 radical (unpaired) electrons. The zero-order valence-electron chi connectivity index (χ0n) is 13.7. The lowest BCUT2D eigenvalue weighted by Crippen LogP contribution is -2.48. The average molecular weight is 306 g/mol. The standard InChI is InChI=1S/C17H26N2O3/c1-17(2,3)22-16(20)19-10-5-4-8-15(19)13-21-12-14-7-6-9-18-11-14/h6-7,9,11,15H,4-5,8,10,12-13H2,1-3H3. The summed E-state index contributed by atoms with van der Waals surface area (Å²) in [5.41, 5.74) is 0.581. The molecule has 0 N–H and O–H groups in total. The highest BCUT2D eigenvalue weighted by Gasteiger charge is 2.30. The van der Waals surface area contributed by atoms with Gasteiger partial charge in [-0.05, 0) is 51.7 Å². The Kier molecular flexibility index (Phi) is 5.77. The predicted molar refractivity (Wildman–Crippen MR) is 84.5 cm³/mol. The molecule has 0 saturated carbocycles. The van der Waals surface area contributed by atoms with Crippen molar-refractivity contribution >= 4 is 6.09 Å². The largest absolute Gasteiger partial charge is 0.444 e. The highest BCUT2D eigenvalue weighted by atomic mass is 16.6. The van der Waals surface area contributed by atoms with Crippen LogP contribution in [0, 0.1) is 0 Å². The summed E-state index contributed by atoms with van der Waals surface area (Å²) >= 11 is 0. The summed E-state index contributed by atoms with van der Waals surface area (Å²) in [5, 5.41) is 0. The first-order valence-corrected chi connectivity index (χ1v) is 7.92. The van der Waals surface area contributed by atoms with Crippen molar-refractivity contribution in [2.24, 2.45) is 0 Å². The Labute approximate surface area is 132 Å². The van der Waals surface area contributed by atoms with Crippen molar-refractivity contribution in [1.29, 1.82) is 0 Å². The lowest BCUT2D eigenvalue weighted by atomic mass is 10.0. The van der Waals surface area contributed by atoms with Gasteiger partial charge in [-0.1, -0.05) is 6.07 Å². The monoisotopic (exact) mass is 306 g/mol. The van der Waals surface area contributed by atoms with E-state index >= 15 is 0 Å². The highest BCUT2D eigenvalue weighted by Crippen LogP contribution is 2.21. The number of hydrogen-bond acceptors (Lipinski definition) is 4. The van der Waals surface area contributed by atoms with Crippen LogP contribution in [0.3, 0.4) is 0 Å². The Morgan fingerprint density at radius 2 is 2.23 bits per heavy atom. The number of nitrogens with zero attached hydrogens (tertiary/aromatic N) is 2. The minimum atomic E-state index is -0.463. The van der Waals surface area contributed by atoms with E-state index in [1.165, 1.54) is 0 Å². The first-order chi connectivity index (χ1) is 10.5. The van der Waals surface area contributed by atoms with Crippen molar-refractivity contribution in [3.63, 3.8) is 0 Å². The van der Waals surface area contributed by atoms with E-state index in [9.17, 15) is 4.79 Å². The van der Waals surface area contributed by atoms with Crippen LogP contribution in [0.25, 0.3) is 0 Å². The van der Waals surface area contributed by atoms with Crippen LogP contribution in [0.2, 0.25) is 0 Å². The Morgan fingerprint density at radius 1 is 1.41 bits per heavy atom. The first kappa shape index (κ1) is 16.7. The molecule has 0 aromatic carbocycles. The molecule has 1 saturated heterocycles. The van der Waals surface area contributed by atoms with Crippen LogP contribution in [0.15, 0.2) is 24.5 Å². The van der Waals surface area contributed by atoms with Gasteiger partial charge < -0.3 is 14.4 Å². The number of hydrogen-bond donors (Lipinski definition) is 0. The van der Waals surface area contributed by atoms with Gasteiger partial charge in [0.2, 0.25) is 0 Å². The molecule has 1 atom stereocenters. The van der Waals surface area contributed by atoms with Crippen LogP contribution in [-0.4, -0.2) is 40.8 Å². The van der Waals surface area contributed by atoms with Crippen molar-refractivity contribution in [2.75, 3.05) is 13.2 Å². The van der Waals surface area contributed by atoms with Crippen LogP contribution in [0.1, 0.15) is 45.6 Å². The summed E-state index contributed by atoms with van der Waals surface area (Å²) < 4.78 is 11.3. The minimum absolute atomic E-state index is 0.0975. The Hall–Kier alpha value is -1.62. The van der Waals surface area contributed by atoms with Crippen LogP contribution >= 0.6 is 0 Å². The summed E-state index contributed by atoms with van der Waals surface area (Å²) in [7, 11) is 0. The third-order valence-corrected chi connectivity index (χ3v) is 3.56. The fourth-order valence-corrected chi connectivity index (χ4v) is 2.53. The number of piperidine rings is 1. The summed E-state index contributed by atoms with van der Waals surface area (Å²) in [6, 6.07) is 3.98. The van der Waals surface area contributed by atoms with E-state index in [0.29, 0.717) is 13.2 Å². The van der Waals surface area contributed by atoms with Gasteiger partial charge in [0.25, 0.3) is 0 Å². The molecule has 1 aromatic rings. The van der Waals surface area contributed by atoms with E-state index in [4.69, 9.17) is 9.47 Å². The number of carbonyl (C=O) groups is 1. The van der Waals surface area contributed by atoms with E-state index in [1.807, 2.05) is 37.8 Å². The van der Waals surface area contributed by atoms with Gasteiger partial charge in [0.1, 0.15) is 5.60 Å². The second-order valence-electron chi connectivity index (χ2n) is 6.70. The Bertz CT molecular complexity index is 471. The quantitative estimate of drug-likeness (QED) is 0.855. The van der Waals surface area contributed by atoms with Gasteiger partial charge in [-0.2, -0.15) is 0 Å². The van der Waals surface area contributed by atoms with Gasteiger partial charge in [-0.3, -0.25) is 4.98 Å². The second-order valence-corrected chi connectivity index (χ2v) is 6.70. The van der Waals surface area contributed by atoms with E-state index in [-0.39, 0.29) is 12.1 Å². The maximum atomic E-state index is 12.3. The molecule has 0 spiro atoms. The van der Waals surface area contributed by atoms with Crippen molar-refractivity contribution in [3.05, 3.63) is 30.1 Å². The van der Waals surface area contributed by atoms with Gasteiger partial charge in [0.05, 0.1) is 19.3 Å². The maximum Gasteiger partial charge on any atom is 0.410 e. The zero-order chi connectivity index (χ0) is 16.0. The highest BCUT2D eigenvalue weighted by molar-refractivity contribution is 5.68. The van der Waals surface area contributed by atoms with Gasteiger partial charge in [0, 0.05) is 18.9 Å². The van der Waals surface area contributed by atoms with Crippen molar-refractivity contribution in [1.82, 2.24) is 9.88 Å². The molecule has 5 nitrogen and oxygen atoms in total.